The highest BCUT2D eigenvalue weighted by Gasteiger charge is 2.19. The summed E-state index contributed by atoms with van der Waals surface area (Å²) in [6, 6.07) is 5.70. The molecule has 0 atom stereocenters. The average molecular weight is 252 g/mol. The normalized spacial score (nSPS) is 12.2. The Balaban J connectivity index is 2.50. The number of anilines is 1. The summed E-state index contributed by atoms with van der Waals surface area (Å²) in [5.74, 6) is 0.559. The monoisotopic (exact) mass is 251 g/mol. The molecule has 4 heteroatoms. The van der Waals surface area contributed by atoms with Crippen molar-refractivity contribution >= 4 is 28.6 Å². The summed E-state index contributed by atoms with van der Waals surface area (Å²) in [5.41, 5.74) is 8.10. The van der Waals surface area contributed by atoms with Gasteiger partial charge in [-0.1, -0.05) is 32.4 Å². The predicted octanol–water partition coefficient (Wildman–Crippen LogP) is 3.71. The van der Waals surface area contributed by atoms with Gasteiger partial charge in [-0.3, -0.25) is 0 Å². The van der Waals surface area contributed by atoms with Gasteiger partial charge in [0.1, 0.15) is 0 Å². The smallest absolute Gasteiger partial charge is 0.201 e. The summed E-state index contributed by atoms with van der Waals surface area (Å²) < 4.78 is 2.06. The first-order chi connectivity index (χ1) is 7.93. The quantitative estimate of drug-likeness (QED) is 0.904. The average Bonchev–Trinajstić information content (AvgIpc) is 2.54. The minimum absolute atomic E-state index is 0.210. The van der Waals surface area contributed by atoms with Crippen LogP contribution in [0.1, 0.15) is 27.2 Å². The second kappa shape index (κ2) is 4.22. The van der Waals surface area contributed by atoms with Gasteiger partial charge in [0.25, 0.3) is 0 Å². The second-order valence-electron chi connectivity index (χ2n) is 5.21. The van der Waals surface area contributed by atoms with Gasteiger partial charge >= 0.3 is 0 Å². The van der Waals surface area contributed by atoms with Gasteiger partial charge in [-0.15, -0.1) is 0 Å². The number of halogens is 1. The number of hydrogen-bond donors (Lipinski definition) is 1. The molecule has 0 fully saturated rings. The summed E-state index contributed by atoms with van der Waals surface area (Å²) in [4.78, 5) is 4.35. The third kappa shape index (κ3) is 2.39. The van der Waals surface area contributed by atoms with Crippen LogP contribution in [0.3, 0.4) is 0 Å². The van der Waals surface area contributed by atoms with Crippen LogP contribution in [0.25, 0.3) is 11.0 Å². The van der Waals surface area contributed by atoms with E-state index in [9.17, 15) is 0 Å². The number of nitrogens with zero attached hydrogens (tertiary/aromatic N) is 2. The number of aromatic nitrogens is 2. The van der Waals surface area contributed by atoms with E-state index >= 15 is 0 Å². The Morgan fingerprint density at radius 3 is 2.76 bits per heavy atom. The molecule has 3 nitrogen and oxygen atoms in total. The van der Waals surface area contributed by atoms with Gasteiger partial charge in [-0.05, 0) is 30.0 Å². The summed E-state index contributed by atoms with van der Waals surface area (Å²) in [7, 11) is 0. The molecule has 0 saturated carbocycles. The van der Waals surface area contributed by atoms with Crippen LogP contribution in [0.4, 0.5) is 5.95 Å². The number of fused-ring (bicyclic) bond motifs is 1. The predicted molar refractivity (Wildman–Crippen MR) is 73.2 cm³/mol. The lowest BCUT2D eigenvalue weighted by atomic mass is 9.90. The fourth-order valence-electron chi connectivity index (χ4n) is 1.83. The third-order valence-corrected chi connectivity index (χ3v) is 3.52. The molecule has 0 radical (unpaired) electrons. The molecular formula is C13H18ClN3. The van der Waals surface area contributed by atoms with Crippen molar-refractivity contribution in [1.29, 1.82) is 0 Å². The first kappa shape index (κ1) is 12.2. The lowest BCUT2D eigenvalue weighted by molar-refractivity contribution is 0.300. The zero-order chi connectivity index (χ0) is 12.6. The Kier molecular flexibility index (Phi) is 3.04. The maximum Gasteiger partial charge on any atom is 0.201 e. The fourth-order valence-corrected chi connectivity index (χ4v) is 1.99. The van der Waals surface area contributed by atoms with Gasteiger partial charge < -0.3 is 10.3 Å². The summed E-state index contributed by atoms with van der Waals surface area (Å²) >= 11 is 5.95. The van der Waals surface area contributed by atoms with Gasteiger partial charge in [-0.25, -0.2) is 4.98 Å². The minimum Gasteiger partial charge on any atom is -0.369 e. The molecule has 0 spiro atoms. The van der Waals surface area contributed by atoms with Gasteiger partial charge in [0.2, 0.25) is 5.95 Å². The number of rotatable bonds is 3. The van der Waals surface area contributed by atoms with Crippen LogP contribution in [0, 0.1) is 5.41 Å². The van der Waals surface area contributed by atoms with Crippen LogP contribution < -0.4 is 5.73 Å². The Morgan fingerprint density at radius 2 is 2.12 bits per heavy atom. The molecule has 92 valence electrons. The van der Waals surface area contributed by atoms with Gasteiger partial charge in [0.05, 0.1) is 11.0 Å². The lowest BCUT2D eigenvalue weighted by Gasteiger charge is -2.24. The number of nitrogens with two attached hydrogens (primary N) is 1. The van der Waals surface area contributed by atoms with E-state index in [1.165, 1.54) is 0 Å². The molecule has 17 heavy (non-hydrogen) atoms. The molecule has 1 aromatic carbocycles. The number of hydrogen-bond acceptors (Lipinski definition) is 2. The summed E-state index contributed by atoms with van der Waals surface area (Å²) in [6.45, 7) is 7.52. The van der Waals surface area contributed by atoms with E-state index < -0.39 is 0 Å². The molecule has 1 aromatic heterocycles. The molecule has 0 saturated heterocycles. The van der Waals surface area contributed by atoms with Gasteiger partial charge in [0.15, 0.2) is 0 Å². The van der Waals surface area contributed by atoms with E-state index in [1.54, 1.807) is 0 Å². The highest BCUT2D eigenvalue weighted by molar-refractivity contribution is 6.31. The Hall–Kier alpha value is -1.22. The Morgan fingerprint density at radius 1 is 1.41 bits per heavy atom. The number of imidazole rings is 1. The zero-order valence-corrected chi connectivity index (χ0v) is 11.3. The van der Waals surface area contributed by atoms with Crippen molar-refractivity contribution in [2.45, 2.75) is 33.7 Å². The van der Waals surface area contributed by atoms with E-state index in [4.69, 9.17) is 17.3 Å². The van der Waals surface area contributed by atoms with E-state index in [0.29, 0.717) is 11.0 Å². The van der Waals surface area contributed by atoms with Crippen molar-refractivity contribution in [2.24, 2.45) is 5.41 Å². The van der Waals surface area contributed by atoms with Crippen molar-refractivity contribution in [3.63, 3.8) is 0 Å². The molecule has 2 rings (SSSR count). The fraction of sp³-hybridized carbons (Fsp3) is 0.462. The second-order valence-corrected chi connectivity index (χ2v) is 5.64. The van der Waals surface area contributed by atoms with Crippen LogP contribution in [0.5, 0.6) is 0 Å². The largest absolute Gasteiger partial charge is 0.369 e. The number of benzene rings is 1. The number of nitrogen functional groups attached to an aromatic ring is 1. The molecule has 0 amide bonds. The summed E-state index contributed by atoms with van der Waals surface area (Å²) in [5, 5.41) is 0.692. The Labute approximate surface area is 107 Å². The SMILES string of the molecule is CCC(C)(C)Cn1c(N)nc2cc(Cl)ccc21. The molecule has 0 unspecified atom stereocenters. The highest BCUT2D eigenvalue weighted by Crippen LogP contribution is 2.28. The van der Waals surface area contributed by atoms with Crippen LogP contribution >= 0.6 is 11.6 Å². The van der Waals surface area contributed by atoms with E-state index in [1.807, 2.05) is 18.2 Å². The van der Waals surface area contributed by atoms with E-state index in [-0.39, 0.29) is 5.41 Å². The zero-order valence-electron chi connectivity index (χ0n) is 10.5. The first-order valence-electron chi connectivity index (χ1n) is 5.84. The van der Waals surface area contributed by atoms with Crippen molar-refractivity contribution in [3.05, 3.63) is 23.2 Å². The van der Waals surface area contributed by atoms with Crippen LogP contribution in [-0.2, 0) is 6.54 Å². The summed E-state index contributed by atoms with van der Waals surface area (Å²) in [6.07, 6.45) is 1.10. The van der Waals surface area contributed by atoms with E-state index in [2.05, 4.69) is 30.3 Å². The first-order valence-corrected chi connectivity index (χ1v) is 6.22. The van der Waals surface area contributed by atoms with Crippen LogP contribution in [-0.4, -0.2) is 9.55 Å². The molecule has 2 N–H and O–H groups in total. The molecular weight excluding hydrogens is 234 g/mol. The van der Waals surface area contributed by atoms with Crippen molar-refractivity contribution in [1.82, 2.24) is 9.55 Å². The third-order valence-electron chi connectivity index (χ3n) is 3.28. The standard InChI is InChI=1S/C13H18ClN3/c1-4-13(2,3)8-17-11-6-5-9(14)7-10(11)16-12(17)15/h5-7H,4,8H2,1-3H3,(H2,15,16). The molecule has 1 heterocycles. The van der Waals surface area contributed by atoms with Crippen molar-refractivity contribution in [2.75, 3.05) is 5.73 Å². The van der Waals surface area contributed by atoms with Crippen molar-refractivity contribution in [3.8, 4) is 0 Å². The Bertz CT molecular complexity index is 543. The highest BCUT2D eigenvalue weighted by atomic mass is 35.5. The molecule has 0 aliphatic carbocycles. The molecule has 0 aliphatic rings. The molecule has 2 aromatic rings. The minimum atomic E-state index is 0.210. The maximum atomic E-state index is 5.97. The van der Waals surface area contributed by atoms with Gasteiger partial charge in [-0.2, -0.15) is 0 Å². The molecule has 0 bridgehead atoms. The molecule has 0 aliphatic heterocycles. The maximum absolute atomic E-state index is 5.97. The lowest BCUT2D eigenvalue weighted by Crippen LogP contribution is -2.19. The van der Waals surface area contributed by atoms with E-state index in [0.717, 1.165) is 24.0 Å². The van der Waals surface area contributed by atoms with Gasteiger partial charge in [0, 0.05) is 11.6 Å². The van der Waals surface area contributed by atoms with Crippen LogP contribution in [0.15, 0.2) is 18.2 Å². The van der Waals surface area contributed by atoms with Crippen LogP contribution in [0.2, 0.25) is 5.02 Å². The van der Waals surface area contributed by atoms with Crippen molar-refractivity contribution < 1.29 is 0 Å². The topological polar surface area (TPSA) is 43.8 Å².